The van der Waals surface area contributed by atoms with Crippen LogP contribution in [0, 0.1) is 5.92 Å². The molecule has 2 aliphatic heterocycles. The molecular weight excluding hydrogens is 418 g/mol. The van der Waals surface area contributed by atoms with Gasteiger partial charge in [-0.3, -0.25) is 4.79 Å². The molecular formula is C25H35N5OS. The molecule has 2 fully saturated rings. The van der Waals surface area contributed by atoms with Crippen LogP contribution in [0.5, 0.6) is 0 Å². The summed E-state index contributed by atoms with van der Waals surface area (Å²) >= 11 is 1.64. The maximum atomic E-state index is 12.7. The Morgan fingerprint density at radius 2 is 1.84 bits per heavy atom. The summed E-state index contributed by atoms with van der Waals surface area (Å²) in [5.41, 5.74) is 0. The van der Waals surface area contributed by atoms with Crippen LogP contribution in [-0.4, -0.2) is 59.5 Å². The molecule has 1 aromatic heterocycles. The van der Waals surface area contributed by atoms with Crippen molar-refractivity contribution >= 4 is 23.5 Å². The largest absolute Gasteiger partial charge is 0.356 e. The van der Waals surface area contributed by atoms with E-state index in [2.05, 4.69) is 44.1 Å². The molecule has 32 heavy (non-hydrogen) atoms. The fourth-order valence-electron chi connectivity index (χ4n) is 4.69. The molecule has 2 saturated heterocycles. The van der Waals surface area contributed by atoms with E-state index in [9.17, 15) is 4.79 Å². The summed E-state index contributed by atoms with van der Waals surface area (Å²) in [5.74, 6) is 1.24. The third-order valence-corrected chi connectivity index (χ3v) is 7.62. The monoisotopic (exact) mass is 453 g/mol. The molecule has 0 spiro atoms. The third-order valence-electron chi connectivity index (χ3n) is 6.63. The van der Waals surface area contributed by atoms with Gasteiger partial charge in [0.25, 0.3) is 0 Å². The first-order valence-electron chi connectivity index (χ1n) is 12.0. The van der Waals surface area contributed by atoms with Gasteiger partial charge in [0, 0.05) is 55.4 Å². The molecule has 1 N–H and O–H groups in total. The van der Waals surface area contributed by atoms with Gasteiger partial charge in [-0.25, -0.2) is 9.97 Å². The first-order valence-corrected chi connectivity index (χ1v) is 12.8. The number of likely N-dealkylation sites (tertiary alicyclic amines) is 1. The molecule has 0 radical (unpaired) electrons. The van der Waals surface area contributed by atoms with Gasteiger partial charge in [0.15, 0.2) is 5.82 Å². The van der Waals surface area contributed by atoms with Gasteiger partial charge in [0.05, 0.1) is 0 Å². The summed E-state index contributed by atoms with van der Waals surface area (Å²) in [4.78, 5) is 27.9. The Balaban J connectivity index is 1.22. The van der Waals surface area contributed by atoms with Crippen LogP contribution in [0.3, 0.4) is 0 Å². The number of amides is 1. The van der Waals surface area contributed by atoms with E-state index in [1.165, 1.54) is 25.8 Å². The Morgan fingerprint density at radius 3 is 2.62 bits per heavy atom. The van der Waals surface area contributed by atoms with Gasteiger partial charge in [-0.15, -0.1) is 0 Å². The smallest absolute Gasteiger partial charge is 0.223 e. The van der Waals surface area contributed by atoms with Gasteiger partial charge >= 0.3 is 0 Å². The number of carbonyl (C=O) groups excluding carboxylic acids is 1. The van der Waals surface area contributed by atoms with Crippen LogP contribution in [0.1, 0.15) is 45.4 Å². The highest BCUT2D eigenvalue weighted by Crippen LogP contribution is 2.33. The summed E-state index contributed by atoms with van der Waals surface area (Å²) < 4.78 is 0. The Kier molecular flexibility index (Phi) is 8.40. The number of carbonyl (C=O) groups is 1. The number of aromatic nitrogens is 2. The molecule has 3 heterocycles. The van der Waals surface area contributed by atoms with Gasteiger partial charge in [0.2, 0.25) is 5.91 Å². The molecule has 4 rings (SSSR count). The average molecular weight is 454 g/mol. The van der Waals surface area contributed by atoms with Crippen molar-refractivity contribution in [2.45, 2.75) is 61.4 Å². The molecule has 2 aromatic rings. The highest BCUT2D eigenvalue weighted by Gasteiger charge is 2.27. The van der Waals surface area contributed by atoms with Crippen molar-refractivity contribution in [1.29, 1.82) is 0 Å². The SMILES string of the molecule is C[C@H]1CCCCN1CCCNC(=O)C1CCN(c2nccnc2Sc2ccccc2)CC1. The molecule has 172 valence electrons. The molecule has 7 heteroatoms. The minimum atomic E-state index is 0.0991. The van der Waals surface area contributed by atoms with E-state index in [4.69, 9.17) is 0 Å². The lowest BCUT2D eigenvalue weighted by molar-refractivity contribution is -0.125. The molecule has 0 unspecified atom stereocenters. The number of nitrogens with one attached hydrogen (secondary N) is 1. The van der Waals surface area contributed by atoms with Crippen molar-refractivity contribution in [1.82, 2.24) is 20.2 Å². The summed E-state index contributed by atoms with van der Waals surface area (Å²) in [6.07, 6.45) is 10.2. The number of hydrogen-bond acceptors (Lipinski definition) is 6. The van der Waals surface area contributed by atoms with Crippen LogP contribution in [0.4, 0.5) is 5.82 Å². The predicted molar refractivity (Wildman–Crippen MR) is 130 cm³/mol. The summed E-state index contributed by atoms with van der Waals surface area (Å²) in [7, 11) is 0. The van der Waals surface area contributed by atoms with Crippen molar-refractivity contribution in [2.75, 3.05) is 37.6 Å². The van der Waals surface area contributed by atoms with Gasteiger partial charge in [-0.1, -0.05) is 36.4 Å². The third kappa shape index (κ3) is 6.23. The van der Waals surface area contributed by atoms with Gasteiger partial charge in [-0.05, 0) is 57.7 Å². The van der Waals surface area contributed by atoms with Crippen molar-refractivity contribution in [3.05, 3.63) is 42.7 Å². The van der Waals surface area contributed by atoms with Gasteiger partial charge in [0.1, 0.15) is 5.03 Å². The van der Waals surface area contributed by atoms with Gasteiger partial charge in [-0.2, -0.15) is 0 Å². The minimum absolute atomic E-state index is 0.0991. The van der Waals surface area contributed by atoms with E-state index in [0.717, 1.165) is 61.2 Å². The Hall–Kier alpha value is -2.12. The first-order chi connectivity index (χ1) is 15.7. The fourth-order valence-corrected chi connectivity index (χ4v) is 5.59. The van der Waals surface area contributed by atoms with E-state index < -0.39 is 0 Å². The van der Waals surface area contributed by atoms with Crippen LogP contribution in [-0.2, 0) is 4.79 Å². The molecule has 0 saturated carbocycles. The molecule has 1 amide bonds. The zero-order valence-corrected chi connectivity index (χ0v) is 19.9. The number of anilines is 1. The van der Waals surface area contributed by atoms with E-state index in [1.54, 1.807) is 24.2 Å². The Labute approximate surface area is 196 Å². The topological polar surface area (TPSA) is 61.4 Å². The van der Waals surface area contributed by atoms with Crippen LogP contribution >= 0.6 is 11.8 Å². The van der Waals surface area contributed by atoms with Gasteiger partial charge < -0.3 is 15.1 Å². The van der Waals surface area contributed by atoms with Crippen molar-refractivity contribution in [3.8, 4) is 0 Å². The molecule has 0 aliphatic carbocycles. The molecule has 1 aromatic carbocycles. The molecule has 0 bridgehead atoms. The van der Waals surface area contributed by atoms with E-state index in [0.29, 0.717) is 6.04 Å². The highest BCUT2D eigenvalue weighted by molar-refractivity contribution is 7.99. The lowest BCUT2D eigenvalue weighted by Gasteiger charge is -2.34. The Morgan fingerprint density at radius 1 is 1.06 bits per heavy atom. The first kappa shape index (κ1) is 23.1. The molecule has 2 aliphatic rings. The van der Waals surface area contributed by atoms with E-state index in [-0.39, 0.29) is 11.8 Å². The normalized spacial score (nSPS) is 20.3. The zero-order valence-electron chi connectivity index (χ0n) is 19.1. The number of piperidine rings is 2. The van der Waals surface area contributed by atoms with Crippen LogP contribution < -0.4 is 10.2 Å². The maximum absolute atomic E-state index is 12.7. The minimum Gasteiger partial charge on any atom is -0.356 e. The quantitative estimate of drug-likeness (QED) is 0.604. The maximum Gasteiger partial charge on any atom is 0.223 e. The lowest BCUT2D eigenvalue weighted by atomic mass is 9.96. The second-order valence-corrected chi connectivity index (χ2v) is 9.95. The van der Waals surface area contributed by atoms with Crippen LogP contribution in [0.25, 0.3) is 0 Å². The summed E-state index contributed by atoms with van der Waals surface area (Å²) in [5, 5.41) is 4.11. The number of hydrogen-bond donors (Lipinski definition) is 1. The van der Waals surface area contributed by atoms with Crippen molar-refractivity contribution in [3.63, 3.8) is 0 Å². The number of nitrogens with zero attached hydrogens (tertiary/aromatic N) is 4. The lowest BCUT2D eigenvalue weighted by Crippen LogP contribution is -2.42. The highest BCUT2D eigenvalue weighted by atomic mass is 32.2. The van der Waals surface area contributed by atoms with Crippen molar-refractivity contribution < 1.29 is 4.79 Å². The molecule has 1 atom stereocenters. The van der Waals surface area contributed by atoms with E-state index in [1.807, 2.05) is 18.2 Å². The summed E-state index contributed by atoms with van der Waals surface area (Å²) in [6, 6.07) is 11.0. The summed E-state index contributed by atoms with van der Waals surface area (Å²) in [6.45, 7) is 7.08. The average Bonchev–Trinajstić information content (AvgIpc) is 2.84. The predicted octanol–water partition coefficient (Wildman–Crippen LogP) is 4.22. The van der Waals surface area contributed by atoms with Crippen LogP contribution in [0.2, 0.25) is 0 Å². The fraction of sp³-hybridized carbons (Fsp3) is 0.560. The Bertz CT molecular complexity index is 856. The second kappa shape index (κ2) is 11.7. The zero-order chi connectivity index (χ0) is 22.2. The van der Waals surface area contributed by atoms with E-state index >= 15 is 0 Å². The van der Waals surface area contributed by atoms with Crippen LogP contribution in [0.15, 0.2) is 52.6 Å². The number of benzene rings is 1. The molecule has 6 nitrogen and oxygen atoms in total. The standard InChI is InChI=1S/C25H35N5OS/c1-20-8-5-6-16-29(20)17-7-13-27-24(31)21-11-18-30(19-12-21)23-25(28-15-14-26-23)32-22-9-3-2-4-10-22/h2-4,9-10,14-15,20-21H,5-8,11-13,16-19H2,1H3,(H,27,31)/t20-/m0/s1. The second-order valence-electron chi connectivity index (χ2n) is 8.89. The van der Waals surface area contributed by atoms with Crippen molar-refractivity contribution in [2.24, 2.45) is 5.92 Å². The number of rotatable bonds is 8.